The molecule has 0 spiro atoms. The summed E-state index contributed by atoms with van der Waals surface area (Å²) in [5.41, 5.74) is 2.17. The summed E-state index contributed by atoms with van der Waals surface area (Å²) in [7, 11) is 0. The second-order valence-electron chi connectivity index (χ2n) is 7.09. The van der Waals surface area contributed by atoms with Gasteiger partial charge in [-0.25, -0.2) is 0 Å². The SMILES string of the molecule is CCCCNC(=O)[C@H](C)N(Cc1ccc(Br)cc1)C(=O)CSCc1ccc(Br)cc1. The van der Waals surface area contributed by atoms with Gasteiger partial charge in [-0.1, -0.05) is 69.5 Å². The van der Waals surface area contributed by atoms with Crippen LogP contribution in [0.5, 0.6) is 0 Å². The Labute approximate surface area is 200 Å². The summed E-state index contributed by atoms with van der Waals surface area (Å²) in [6, 6.07) is 15.4. The summed E-state index contributed by atoms with van der Waals surface area (Å²) in [6.07, 6.45) is 1.95. The number of rotatable bonds is 11. The van der Waals surface area contributed by atoms with E-state index in [-0.39, 0.29) is 11.8 Å². The number of carbonyl (C=O) groups is 2. The fourth-order valence-corrected chi connectivity index (χ4v) is 4.22. The highest BCUT2D eigenvalue weighted by Gasteiger charge is 2.25. The minimum absolute atomic E-state index is 0.0295. The summed E-state index contributed by atoms with van der Waals surface area (Å²) in [4.78, 5) is 27.3. The standard InChI is InChI=1S/C23H28Br2N2O2S/c1-3-4-13-26-23(29)17(2)27(14-18-5-9-20(24)10-6-18)22(28)16-30-15-19-7-11-21(25)12-8-19/h5-12,17H,3-4,13-16H2,1-2H3,(H,26,29)/t17-/m0/s1. The molecular weight excluding hydrogens is 528 g/mol. The van der Waals surface area contributed by atoms with Crippen molar-refractivity contribution in [3.8, 4) is 0 Å². The summed E-state index contributed by atoms with van der Waals surface area (Å²) in [5, 5.41) is 2.95. The first-order chi connectivity index (χ1) is 14.4. The first kappa shape index (κ1) is 25.0. The van der Waals surface area contributed by atoms with E-state index >= 15 is 0 Å². The van der Waals surface area contributed by atoms with E-state index in [4.69, 9.17) is 0 Å². The number of nitrogens with zero attached hydrogens (tertiary/aromatic N) is 1. The summed E-state index contributed by atoms with van der Waals surface area (Å²) >= 11 is 8.44. The maximum absolute atomic E-state index is 13.0. The highest BCUT2D eigenvalue weighted by Crippen LogP contribution is 2.19. The Hall–Kier alpha value is -1.31. The van der Waals surface area contributed by atoms with Crippen LogP contribution in [0, 0.1) is 0 Å². The molecule has 1 atom stereocenters. The number of halogens is 2. The average Bonchev–Trinajstić information content (AvgIpc) is 2.74. The van der Waals surface area contributed by atoms with Crippen molar-refractivity contribution in [2.24, 2.45) is 0 Å². The van der Waals surface area contributed by atoms with E-state index in [9.17, 15) is 9.59 Å². The topological polar surface area (TPSA) is 49.4 Å². The fourth-order valence-electron chi connectivity index (χ4n) is 2.82. The van der Waals surface area contributed by atoms with Gasteiger partial charge >= 0.3 is 0 Å². The third kappa shape index (κ3) is 8.44. The number of benzene rings is 2. The molecule has 0 aromatic heterocycles. The smallest absolute Gasteiger partial charge is 0.242 e. The van der Waals surface area contributed by atoms with Crippen LogP contribution in [0.3, 0.4) is 0 Å². The molecule has 0 heterocycles. The minimum Gasteiger partial charge on any atom is -0.354 e. The van der Waals surface area contributed by atoms with E-state index in [1.54, 1.807) is 23.6 Å². The molecule has 0 aliphatic rings. The van der Waals surface area contributed by atoms with Crippen LogP contribution in [0.1, 0.15) is 37.8 Å². The Morgan fingerprint density at radius 2 is 1.57 bits per heavy atom. The predicted octanol–water partition coefficient (Wildman–Crippen LogP) is 5.78. The van der Waals surface area contributed by atoms with Gasteiger partial charge in [0.1, 0.15) is 6.04 Å². The van der Waals surface area contributed by atoms with Crippen molar-refractivity contribution in [2.75, 3.05) is 12.3 Å². The van der Waals surface area contributed by atoms with Crippen LogP contribution in [0.25, 0.3) is 0 Å². The molecule has 2 aromatic carbocycles. The molecule has 0 aliphatic carbocycles. The Morgan fingerprint density at radius 1 is 1.00 bits per heavy atom. The molecule has 2 rings (SSSR count). The first-order valence-corrected chi connectivity index (χ1v) is 12.8. The van der Waals surface area contributed by atoms with Crippen LogP contribution in [-0.4, -0.2) is 35.1 Å². The van der Waals surface area contributed by atoms with E-state index in [0.717, 1.165) is 33.1 Å². The number of amides is 2. The second-order valence-corrected chi connectivity index (χ2v) is 9.90. The molecule has 162 valence electrons. The van der Waals surface area contributed by atoms with Crippen molar-refractivity contribution in [1.82, 2.24) is 10.2 Å². The summed E-state index contributed by atoms with van der Waals surface area (Å²) < 4.78 is 2.02. The third-order valence-corrected chi connectivity index (χ3v) is 6.72. The molecule has 0 bridgehead atoms. The van der Waals surface area contributed by atoms with E-state index in [1.807, 2.05) is 48.5 Å². The van der Waals surface area contributed by atoms with Gasteiger partial charge in [0, 0.05) is 27.8 Å². The Balaban J connectivity index is 2.02. The number of unbranched alkanes of at least 4 members (excludes halogenated alkanes) is 1. The number of thioether (sulfide) groups is 1. The molecule has 0 radical (unpaired) electrons. The molecule has 1 N–H and O–H groups in total. The van der Waals surface area contributed by atoms with Gasteiger partial charge in [-0.2, -0.15) is 0 Å². The molecule has 7 heteroatoms. The van der Waals surface area contributed by atoms with Gasteiger partial charge in [0.25, 0.3) is 0 Å². The first-order valence-electron chi connectivity index (χ1n) is 10.0. The van der Waals surface area contributed by atoms with Crippen molar-refractivity contribution in [1.29, 1.82) is 0 Å². The molecule has 2 aromatic rings. The highest BCUT2D eigenvalue weighted by molar-refractivity contribution is 9.10. The van der Waals surface area contributed by atoms with Crippen LogP contribution >= 0.6 is 43.6 Å². The van der Waals surface area contributed by atoms with Crippen molar-refractivity contribution in [3.63, 3.8) is 0 Å². The number of nitrogens with one attached hydrogen (secondary N) is 1. The Kier molecular flexibility index (Phi) is 11.0. The van der Waals surface area contributed by atoms with E-state index in [2.05, 4.69) is 44.1 Å². The van der Waals surface area contributed by atoms with E-state index < -0.39 is 6.04 Å². The van der Waals surface area contributed by atoms with Crippen molar-refractivity contribution < 1.29 is 9.59 Å². The zero-order valence-electron chi connectivity index (χ0n) is 17.4. The van der Waals surface area contributed by atoms with Gasteiger partial charge in [-0.3, -0.25) is 9.59 Å². The molecule has 0 saturated heterocycles. The summed E-state index contributed by atoms with van der Waals surface area (Å²) in [5.74, 6) is 0.950. The second kappa shape index (κ2) is 13.2. The van der Waals surface area contributed by atoms with Gasteiger partial charge in [0.2, 0.25) is 11.8 Å². The Bertz CT molecular complexity index is 813. The quantitative estimate of drug-likeness (QED) is 0.358. The van der Waals surface area contributed by atoms with Gasteiger partial charge in [0.05, 0.1) is 5.75 Å². The lowest BCUT2D eigenvalue weighted by molar-refractivity contribution is -0.138. The largest absolute Gasteiger partial charge is 0.354 e. The van der Waals surface area contributed by atoms with Crippen molar-refractivity contribution in [2.45, 2.75) is 45.0 Å². The molecule has 2 amide bonds. The van der Waals surface area contributed by atoms with Crippen LogP contribution in [0.4, 0.5) is 0 Å². The third-order valence-electron chi connectivity index (χ3n) is 4.67. The van der Waals surface area contributed by atoms with Gasteiger partial charge in [-0.05, 0) is 48.7 Å². The lowest BCUT2D eigenvalue weighted by Gasteiger charge is -2.29. The highest BCUT2D eigenvalue weighted by atomic mass is 79.9. The van der Waals surface area contributed by atoms with Gasteiger partial charge in [-0.15, -0.1) is 11.8 Å². The molecule has 0 saturated carbocycles. The normalized spacial score (nSPS) is 11.7. The molecule has 4 nitrogen and oxygen atoms in total. The lowest BCUT2D eigenvalue weighted by atomic mass is 10.1. The maximum atomic E-state index is 13.0. The molecule has 0 unspecified atom stereocenters. The minimum atomic E-state index is -0.522. The molecule has 0 aliphatic heterocycles. The predicted molar refractivity (Wildman–Crippen MR) is 132 cm³/mol. The average molecular weight is 556 g/mol. The van der Waals surface area contributed by atoms with Crippen LogP contribution in [0.2, 0.25) is 0 Å². The lowest BCUT2D eigenvalue weighted by Crippen LogP contribution is -2.48. The van der Waals surface area contributed by atoms with Crippen molar-refractivity contribution >= 4 is 55.4 Å². The fraction of sp³-hybridized carbons (Fsp3) is 0.391. The monoisotopic (exact) mass is 554 g/mol. The zero-order valence-corrected chi connectivity index (χ0v) is 21.4. The van der Waals surface area contributed by atoms with E-state index in [0.29, 0.717) is 18.8 Å². The molecule has 0 fully saturated rings. The maximum Gasteiger partial charge on any atom is 0.242 e. The van der Waals surface area contributed by atoms with Crippen molar-refractivity contribution in [3.05, 3.63) is 68.6 Å². The number of hydrogen-bond donors (Lipinski definition) is 1. The van der Waals surface area contributed by atoms with Crippen LogP contribution in [-0.2, 0) is 21.9 Å². The number of hydrogen-bond acceptors (Lipinski definition) is 3. The summed E-state index contributed by atoms with van der Waals surface area (Å²) in [6.45, 7) is 4.94. The van der Waals surface area contributed by atoms with E-state index in [1.165, 1.54) is 5.56 Å². The number of carbonyl (C=O) groups excluding carboxylic acids is 2. The van der Waals surface area contributed by atoms with Gasteiger partial charge < -0.3 is 10.2 Å². The molecule has 30 heavy (non-hydrogen) atoms. The molecular formula is C23H28Br2N2O2S. The van der Waals surface area contributed by atoms with Crippen LogP contribution < -0.4 is 5.32 Å². The zero-order chi connectivity index (χ0) is 21.9. The van der Waals surface area contributed by atoms with Crippen LogP contribution in [0.15, 0.2) is 57.5 Å². The Morgan fingerprint density at radius 3 is 2.13 bits per heavy atom. The van der Waals surface area contributed by atoms with Gasteiger partial charge in [0.15, 0.2) is 0 Å².